The SMILES string of the molecule is O=C1CN(S(=O)(=O)c2ccc(C(=O)NCCC3CCCNC3)cc2)CCN1. The number of benzene rings is 1. The van der Waals surface area contributed by atoms with Crippen LogP contribution in [0.15, 0.2) is 29.2 Å². The Morgan fingerprint density at radius 1 is 1.22 bits per heavy atom. The fraction of sp³-hybridized carbons (Fsp3) is 0.556. The van der Waals surface area contributed by atoms with E-state index in [1.165, 1.54) is 37.1 Å². The zero-order valence-electron chi connectivity index (χ0n) is 15.2. The van der Waals surface area contributed by atoms with Crippen molar-refractivity contribution in [3.8, 4) is 0 Å². The Hall–Kier alpha value is -1.97. The molecule has 8 nitrogen and oxygen atoms in total. The monoisotopic (exact) mass is 394 g/mol. The van der Waals surface area contributed by atoms with E-state index in [0.29, 0.717) is 24.6 Å². The van der Waals surface area contributed by atoms with E-state index in [1.807, 2.05) is 0 Å². The van der Waals surface area contributed by atoms with Gasteiger partial charge in [-0.3, -0.25) is 9.59 Å². The lowest BCUT2D eigenvalue weighted by Crippen LogP contribution is -2.49. The Kier molecular flexibility index (Phi) is 6.46. The van der Waals surface area contributed by atoms with Gasteiger partial charge in [0.1, 0.15) is 0 Å². The molecular weight excluding hydrogens is 368 g/mol. The van der Waals surface area contributed by atoms with Crippen LogP contribution < -0.4 is 16.0 Å². The summed E-state index contributed by atoms with van der Waals surface area (Å²) in [6.45, 7) is 3.04. The molecule has 9 heteroatoms. The first-order valence-electron chi connectivity index (χ1n) is 9.32. The Labute approximate surface area is 159 Å². The number of carbonyl (C=O) groups excluding carboxylic acids is 2. The van der Waals surface area contributed by atoms with Crippen LogP contribution in [0.5, 0.6) is 0 Å². The van der Waals surface area contributed by atoms with Gasteiger partial charge in [-0.25, -0.2) is 8.42 Å². The van der Waals surface area contributed by atoms with Crippen molar-refractivity contribution in [2.75, 3.05) is 39.3 Å². The first-order chi connectivity index (χ1) is 13.0. The summed E-state index contributed by atoms with van der Waals surface area (Å²) in [5.41, 5.74) is 0.423. The lowest BCUT2D eigenvalue weighted by Gasteiger charge is -2.25. The van der Waals surface area contributed by atoms with Gasteiger partial charge in [0.05, 0.1) is 11.4 Å². The van der Waals surface area contributed by atoms with Gasteiger partial charge in [-0.2, -0.15) is 4.31 Å². The fourth-order valence-electron chi connectivity index (χ4n) is 3.41. The van der Waals surface area contributed by atoms with Gasteiger partial charge in [0.2, 0.25) is 15.9 Å². The summed E-state index contributed by atoms with van der Waals surface area (Å²) in [6.07, 6.45) is 3.29. The second-order valence-electron chi connectivity index (χ2n) is 6.97. The highest BCUT2D eigenvalue weighted by atomic mass is 32.2. The summed E-state index contributed by atoms with van der Waals surface area (Å²) >= 11 is 0. The molecule has 1 atom stereocenters. The number of piperidine rings is 1. The molecule has 2 heterocycles. The van der Waals surface area contributed by atoms with Gasteiger partial charge in [-0.1, -0.05) is 0 Å². The summed E-state index contributed by atoms with van der Waals surface area (Å²) in [6, 6.07) is 5.85. The third kappa shape index (κ3) is 5.06. The molecule has 0 spiro atoms. The molecule has 1 aromatic carbocycles. The largest absolute Gasteiger partial charge is 0.354 e. The summed E-state index contributed by atoms with van der Waals surface area (Å²) < 4.78 is 26.4. The number of hydrogen-bond donors (Lipinski definition) is 3. The van der Waals surface area contributed by atoms with Crippen molar-refractivity contribution >= 4 is 21.8 Å². The Bertz CT molecular complexity index is 773. The summed E-state index contributed by atoms with van der Waals surface area (Å²) in [5, 5.41) is 8.85. The maximum atomic E-state index is 12.6. The molecule has 1 unspecified atom stereocenters. The quantitative estimate of drug-likeness (QED) is 0.626. The molecule has 3 rings (SSSR count). The minimum atomic E-state index is -3.74. The van der Waals surface area contributed by atoms with Gasteiger partial charge in [-0.05, 0) is 62.5 Å². The maximum absolute atomic E-state index is 12.6. The van der Waals surface area contributed by atoms with Crippen molar-refractivity contribution in [2.45, 2.75) is 24.2 Å². The summed E-state index contributed by atoms with van der Waals surface area (Å²) in [5.74, 6) is 0.0716. The molecule has 27 heavy (non-hydrogen) atoms. The standard InChI is InChI=1S/C18H26N4O4S/c23-17-13-22(11-10-20-17)27(25,26)16-5-3-15(4-6-16)18(24)21-9-7-14-2-1-8-19-12-14/h3-6,14,19H,1-2,7-13H2,(H,20,23)(H,21,24). The lowest BCUT2D eigenvalue weighted by molar-refractivity contribution is -0.122. The number of hydrogen-bond acceptors (Lipinski definition) is 5. The zero-order chi connectivity index (χ0) is 19.3. The highest BCUT2D eigenvalue weighted by Gasteiger charge is 2.29. The van der Waals surface area contributed by atoms with E-state index in [-0.39, 0.29) is 29.8 Å². The van der Waals surface area contributed by atoms with Crippen LogP contribution in [0.2, 0.25) is 0 Å². The highest BCUT2D eigenvalue weighted by Crippen LogP contribution is 2.17. The van der Waals surface area contributed by atoms with E-state index in [0.717, 1.165) is 23.8 Å². The molecule has 0 saturated carbocycles. The smallest absolute Gasteiger partial charge is 0.251 e. The van der Waals surface area contributed by atoms with Crippen molar-refractivity contribution in [1.82, 2.24) is 20.3 Å². The van der Waals surface area contributed by atoms with Crippen LogP contribution >= 0.6 is 0 Å². The average Bonchev–Trinajstić information content (AvgIpc) is 2.69. The molecule has 2 aliphatic rings. The van der Waals surface area contributed by atoms with Gasteiger partial charge >= 0.3 is 0 Å². The molecule has 1 aromatic rings. The van der Waals surface area contributed by atoms with Gasteiger partial charge in [0, 0.05) is 25.2 Å². The molecule has 2 amide bonds. The van der Waals surface area contributed by atoms with Crippen LogP contribution in [-0.2, 0) is 14.8 Å². The Morgan fingerprint density at radius 2 is 2.00 bits per heavy atom. The van der Waals surface area contributed by atoms with Crippen LogP contribution in [0.25, 0.3) is 0 Å². The van der Waals surface area contributed by atoms with Crippen molar-refractivity contribution < 1.29 is 18.0 Å². The normalized spacial score (nSPS) is 21.5. The number of sulfonamides is 1. The minimum absolute atomic E-state index is 0.0852. The molecule has 3 N–H and O–H groups in total. The minimum Gasteiger partial charge on any atom is -0.354 e. The van der Waals surface area contributed by atoms with Gasteiger partial charge in [-0.15, -0.1) is 0 Å². The van der Waals surface area contributed by atoms with Crippen molar-refractivity contribution in [3.05, 3.63) is 29.8 Å². The van der Waals surface area contributed by atoms with Crippen LogP contribution in [0, 0.1) is 5.92 Å². The molecule has 0 aromatic heterocycles. The zero-order valence-corrected chi connectivity index (χ0v) is 16.1. The van der Waals surface area contributed by atoms with Crippen LogP contribution in [-0.4, -0.2) is 63.8 Å². The van der Waals surface area contributed by atoms with Crippen molar-refractivity contribution in [2.24, 2.45) is 5.92 Å². The molecule has 2 fully saturated rings. The summed E-state index contributed by atoms with van der Waals surface area (Å²) in [4.78, 5) is 23.8. The molecule has 2 saturated heterocycles. The topological polar surface area (TPSA) is 108 Å². The molecule has 148 valence electrons. The number of carbonyl (C=O) groups is 2. The van der Waals surface area contributed by atoms with E-state index >= 15 is 0 Å². The van der Waals surface area contributed by atoms with Gasteiger partial charge < -0.3 is 16.0 Å². The van der Waals surface area contributed by atoms with Crippen LogP contribution in [0.4, 0.5) is 0 Å². The number of nitrogens with one attached hydrogen (secondary N) is 3. The first kappa shape index (κ1) is 19.8. The first-order valence-corrected chi connectivity index (χ1v) is 10.8. The van der Waals surface area contributed by atoms with Crippen LogP contribution in [0.3, 0.4) is 0 Å². The van der Waals surface area contributed by atoms with Crippen molar-refractivity contribution in [1.29, 1.82) is 0 Å². The second kappa shape index (κ2) is 8.81. The average molecular weight is 394 g/mol. The highest BCUT2D eigenvalue weighted by molar-refractivity contribution is 7.89. The lowest BCUT2D eigenvalue weighted by atomic mass is 9.96. The Balaban J connectivity index is 1.55. The number of amides is 2. The molecule has 0 aliphatic carbocycles. The van der Waals surface area contributed by atoms with Gasteiger partial charge in [0.15, 0.2) is 0 Å². The number of rotatable bonds is 6. The number of nitrogens with zero attached hydrogens (tertiary/aromatic N) is 1. The third-order valence-corrected chi connectivity index (χ3v) is 6.85. The van der Waals surface area contributed by atoms with Crippen LogP contribution in [0.1, 0.15) is 29.6 Å². The third-order valence-electron chi connectivity index (χ3n) is 4.99. The summed E-state index contributed by atoms with van der Waals surface area (Å²) in [7, 11) is -3.74. The van der Waals surface area contributed by atoms with E-state index in [1.54, 1.807) is 0 Å². The maximum Gasteiger partial charge on any atom is 0.251 e. The predicted molar refractivity (Wildman–Crippen MR) is 101 cm³/mol. The van der Waals surface area contributed by atoms with E-state index < -0.39 is 10.0 Å². The van der Waals surface area contributed by atoms with E-state index in [2.05, 4.69) is 16.0 Å². The number of piperazine rings is 1. The molecular formula is C18H26N4O4S. The van der Waals surface area contributed by atoms with E-state index in [4.69, 9.17) is 0 Å². The van der Waals surface area contributed by atoms with Gasteiger partial charge in [0.25, 0.3) is 5.91 Å². The van der Waals surface area contributed by atoms with E-state index in [9.17, 15) is 18.0 Å². The van der Waals surface area contributed by atoms with Crippen molar-refractivity contribution in [3.63, 3.8) is 0 Å². The second-order valence-corrected chi connectivity index (χ2v) is 8.91. The molecule has 2 aliphatic heterocycles. The fourth-order valence-corrected chi connectivity index (χ4v) is 4.81. The molecule has 0 radical (unpaired) electrons. The Morgan fingerprint density at radius 3 is 2.67 bits per heavy atom. The molecule has 0 bridgehead atoms. The predicted octanol–water partition coefficient (Wildman–Crippen LogP) is -0.0734.